The molecule has 13 heavy (non-hydrogen) atoms. The summed E-state index contributed by atoms with van der Waals surface area (Å²) >= 11 is 0. The number of rotatable bonds is 3. The molecule has 0 spiro atoms. The summed E-state index contributed by atoms with van der Waals surface area (Å²) in [4.78, 5) is 2.04. The summed E-state index contributed by atoms with van der Waals surface area (Å²) in [6.07, 6.45) is 1.69. The maximum absolute atomic E-state index is 9.42. The van der Waals surface area contributed by atoms with Gasteiger partial charge < -0.3 is 16.0 Å². The first-order valence-corrected chi connectivity index (χ1v) is 4.53. The lowest BCUT2D eigenvalue weighted by molar-refractivity contribution is 0.0947. The van der Waals surface area contributed by atoms with E-state index in [0.29, 0.717) is 6.54 Å². The van der Waals surface area contributed by atoms with E-state index >= 15 is 0 Å². The summed E-state index contributed by atoms with van der Waals surface area (Å²) in [7, 11) is 0. The molecule has 1 fully saturated rings. The molecule has 0 unspecified atom stereocenters. The van der Waals surface area contributed by atoms with Gasteiger partial charge in [0.15, 0.2) is 5.84 Å². The van der Waals surface area contributed by atoms with E-state index in [1.54, 1.807) is 6.92 Å². The molecular weight excluding hydrogens is 170 g/mol. The van der Waals surface area contributed by atoms with Gasteiger partial charge in [0, 0.05) is 6.04 Å². The van der Waals surface area contributed by atoms with Crippen molar-refractivity contribution in [1.29, 1.82) is 0 Å². The number of likely N-dealkylation sites (tertiary alicyclic amines) is 1. The molecule has 1 aliphatic rings. The molecule has 0 aromatic rings. The van der Waals surface area contributed by atoms with Crippen LogP contribution < -0.4 is 5.73 Å². The van der Waals surface area contributed by atoms with Gasteiger partial charge >= 0.3 is 0 Å². The number of aliphatic hydroxyl groups is 1. The van der Waals surface area contributed by atoms with Crippen LogP contribution in [0, 0.1) is 0 Å². The zero-order valence-corrected chi connectivity index (χ0v) is 7.85. The maximum Gasteiger partial charge on any atom is 0.153 e. The third-order valence-corrected chi connectivity index (χ3v) is 2.46. The Balaban J connectivity index is 2.49. The minimum absolute atomic E-state index is 0.153. The lowest BCUT2D eigenvalue weighted by Crippen LogP contribution is -2.42. The Morgan fingerprint density at radius 2 is 2.46 bits per heavy atom. The van der Waals surface area contributed by atoms with Gasteiger partial charge in [-0.05, 0) is 26.3 Å². The summed E-state index contributed by atoms with van der Waals surface area (Å²) in [5.74, 6) is 0.201. The van der Waals surface area contributed by atoms with Gasteiger partial charge in [0.2, 0.25) is 0 Å². The topological polar surface area (TPSA) is 82.1 Å². The Hall–Kier alpha value is -0.810. The Labute approximate surface area is 77.8 Å². The second-order valence-electron chi connectivity index (χ2n) is 3.51. The second kappa shape index (κ2) is 4.43. The minimum atomic E-state index is -0.353. The monoisotopic (exact) mass is 187 g/mol. The Kier molecular flexibility index (Phi) is 3.50. The predicted molar refractivity (Wildman–Crippen MR) is 49.7 cm³/mol. The molecule has 4 N–H and O–H groups in total. The van der Waals surface area contributed by atoms with E-state index in [9.17, 15) is 5.11 Å². The summed E-state index contributed by atoms with van der Waals surface area (Å²) in [5, 5.41) is 20.7. The number of amidine groups is 1. The summed E-state index contributed by atoms with van der Waals surface area (Å²) in [6, 6.07) is 0.153. The fourth-order valence-corrected chi connectivity index (χ4v) is 1.83. The maximum atomic E-state index is 9.42. The average Bonchev–Trinajstić information content (AvgIpc) is 2.52. The van der Waals surface area contributed by atoms with E-state index in [-0.39, 0.29) is 18.0 Å². The van der Waals surface area contributed by atoms with Gasteiger partial charge in [-0.3, -0.25) is 4.90 Å². The number of oxime groups is 1. The van der Waals surface area contributed by atoms with Crippen LogP contribution in [0.1, 0.15) is 19.8 Å². The minimum Gasteiger partial charge on any atom is -0.409 e. The molecule has 1 rings (SSSR count). The van der Waals surface area contributed by atoms with Gasteiger partial charge in [-0.25, -0.2) is 0 Å². The number of hydrogen-bond acceptors (Lipinski definition) is 4. The fourth-order valence-electron chi connectivity index (χ4n) is 1.83. The molecule has 0 aliphatic carbocycles. The predicted octanol–water partition coefficient (Wildman–Crippen LogP) is -0.422. The van der Waals surface area contributed by atoms with Crippen molar-refractivity contribution in [3.8, 4) is 0 Å². The van der Waals surface area contributed by atoms with Crippen molar-refractivity contribution in [2.45, 2.75) is 31.9 Å². The molecule has 0 saturated carbocycles. The van der Waals surface area contributed by atoms with E-state index in [4.69, 9.17) is 10.9 Å². The highest BCUT2D eigenvalue weighted by atomic mass is 16.4. The third kappa shape index (κ3) is 2.57. The van der Waals surface area contributed by atoms with Crippen LogP contribution >= 0.6 is 0 Å². The number of hydrogen-bond donors (Lipinski definition) is 3. The highest BCUT2D eigenvalue weighted by molar-refractivity contribution is 5.81. The first-order chi connectivity index (χ1) is 6.15. The molecule has 0 amide bonds. The summed E-state index contributed by atoms with van der Waals surface area (Å²) in [6.45, 7) is 3.12. The number of nitrogens with zero attached hydrogens (tertiary/aromatic N) is 2. The first kappa shape index (κ1) is 10.3. The highest BCUT2D eigenvalue weighted by Gasteiger charge is 2.28. The van der Waals surface area contributed by atoms with Crippen LogP contribution in [0.2, 0.25) is 0 Å². The molecule has 0 bridgehead atoms. The van der Waals surface area contributed by atoms with Crippen LogP contribution in [0.25, 0.3) is 0 Å². The van der Waals surface area contributed by atoms with Crippen molar-refractivity contribution in [2.24, 2.45) is 10.9 Å². The third-order valence-electron chi connectivity index (χ3n) is 2.46. The van der Waals surface area contributed by atoms with Gasteiger partial charge in [-0.2, -0.15) is 0 Å². The number of nitrogens with two attached hydrogens (primary N) is 1. The highest BCUT2D eigenvalue weighted by Crippen LogP contribution is 2.19. The van der Waals surface area contributed by atoms with Crippen LogP contribution in [0.15, 0.2) is 5.16 Å². The lowest BCUT2D eigenvalue weighted by Gasteiger charge is -2.25. The van der Waals surface area contributed by atoms with Crippen molar-refractivity contribution in [3.05, 3.63) is 0 Å². The van der Waals surface area contributed by atoms with Crippen molar-refractivity contribution < 1.29 is 10.3 Å². The molecule has 76 valence electrons. The molecule has 2 atom stereocenters. The van der Waals surface area contributed by atoms with Gasteiger partial charge in [-0.15, -0.1) is 0 Å². The van der Waals surface area contributed by atoms with Crippen LogP contribution in [-0.4, -0.2) is 46.3 Å². The van der Waals surface area contributed by atoms with Gasteiger partial charge in [0.25, 0.3) is 0 Å². The molecule has 1 heterocycles. The van der Waals surface area contributed by atoms with E-state index < -0.39 is 0 Å². The van der Waals surface area contributed by atoms with Crippen molar-refractivity contribution >= 4 is 5.84 Å². The van der Waals surface area contributed by atoms with Crippen molar-refractivity contribution in [1.82, 2.24) is 4.90 Å². The quantitative estimate of drug-likeness (QED) is 0.242. The molecule has 0 radical (unpaired) electrons. The smallest absolute Gasteiger partial charge is 0.153 e. The first-order valence-electron chi connectivity index (χ1n) is 4.53. The number of aliphatic hydroxyl groups excluding tert-OH is 1. The van der Waals surface area contributed by atoms with Crippen LogP contribution in [0.4, 0.5) is 0 Å². The Bertz CT molecular complexity index is 194. The van der Waals surface area contributed by atoms with E-state index in [1.165, 1.54) is 0 Å². The van der Waals surface area contributed by atoms with Crippen LogP contribution in [0.3, 0.4) is 0 Å². The van der Waals surface area contributed by atoms with Gasteiger partial charge in [0.05, 0.1) is 12.6 Å². The molecule has 5 heteroatoms. The molecular formula is C8H17N3O2. The van der Waals surface area contributed by atoms with Crippen LogP contribution in [-0.2, 0) is 0 Å². The standard InChI is InChI=1S/C8H17N3O2/c1-6(12)7-3-2-4-11(7)5-8(9)10-13/h6-7,12-13H,2-5H2,1H3,(H2,9,10)/t6-,7+/m1/s1. The summed E-state index contributed by atoms with van der Waals surface area (Å²) < 4.78 is 0. The van der Waals surface area contributed by atoms with Gasteiger partial charge in [-0.1, -0.05) is 5.16 Å². The van der Waals surface area contributed by atoms with E-state index in [2.05, 4.69) is 5.16 Å². The van der Waals surface area contributed by atoms with Crippen LogP contribution in [0.5, 0.6) is 0 Å². The van der Waals surface area contributed by atoms with E-state index in [1.807, 2.05) is 4.90 Å². The van der Waals surface area contributed by atoms with Gasteiger partial charge in [0.1, 0.15) is 0 Å². The SMILES string of the molecule is C[C@@H](O)[C@@H]1CCCN1CC(N)=NO. The Morgan fingerprint density at radius 3 is 3.00 bits per heavy atom. The Morgan fingerprint density at radius 1 is 1.77 bits per heavy atom. The zero-order chi connectivity index (χ0) is 9.84. The molecule has 1 saturated heterocycles. The second-order valence-corrected chi connectivity index (χ2v) is 3.51. The van der Waals surface area contributed by atoms with Crippen molar-refractivity contribution in [2.75, 3.05) is 13.1 Å². The molecule has 5 nitrogen and oxygen atoms in total. The lowest BCUT2D eigenvalue weighted by atomic mass is 10.1. The fraction of sp³-hybridized carbons (Fsp3) is 0.875. The summed E-state index contributed by atoms with van der Waals surface area (Å²) in [5.41, 5.74) is 5.39. The largest absolute Gasteiger partial charge is 0.409 e. The van der Waals surface area contributed by atoms with E-state index in [0.717, 1.165) is 19.4 Å². The van der Waals surface area contributed by atoms with Crippen molar-refractivity contribution in [3.63, 3.8) is 0 Å². The molecule has 0 aromatic heterocycles. The zero-order valence-electron chi connectivity index (χ0n) is 7.85. The normalized spacial score (nSPS) is 27.8. The average molecular weight is 187 g/mol. The molecule has 1 aliphatic heterocycles. The molecule has 0 aromatic carbocycles.